The number of ether oxygens (including phenoxy) is 1. The zero-order valence-electron chi connectivity index (χ0n) is 9.55. The molecule has 1 amide bonds. The number of hydrogen-bond acceptors (Lipinski definition) is 4. The van der Waals surface area contributed by atoms with Crippen LogP contribution in [0.3, 0.4) is 0 Å². The van der Waals surface area contributed by atoms with Gasteiger partial charge in [-0.15, -0.1) is 0 Å². The minimum atomic E-state index is -3.07. The first-order chi connectivity index (χ1) is 7.41. The van der Waals surface area contributed by atoms with Gasteiger partial charge in [-0.25, -0.2) is 13.2 Å². The molecule has 1 aliphatic carbocycles. The lowest BCUT2D eigenvalue weighted by atomic mass is 10.3. The summed E-state index contributed by atoms with van der Waals surface area (Å²) in [6, 6.07) is 0. The van der Waals surface area contributed by atoms with E-state index in [2.05, 4.69) is 0 Å². The Balaban J connectivity index is 2.00. The molecule has 2 atom stereocenters. The average molecular weight is 247 g/mol. The van der Waals surface area contributed by atoms with Gasteiger partial charge in [0.2, 0.25) is 0 Å². The maximum atomic E-state index is 11.7. The zero-order chi connectivity index (χ0) is 11.9. The van der Waals surface area contributed by atoms with Crippen molar-refractivity contribution < 1.29 is 17.9 Å². The topological polar surface area (TPSA) is 63.7 Å². The normalized spacial score (nSPS) is 33.5. The Hall–Kier alpha value is -0.780. The second-order valence-electron chi connectivity index (χ2n) is 4.70. The van der Waals surface area contributed by atoms with Gasteiger partial charge in [-0.1, -0.05) is 0 Å². The van der Waals surface area contributed by atoms with Crippen molar-refractivity contribution in [3.63, 3.8) is 0 Å². The van der Waals surface area contributed by atoms with Crippen LogP contribution in [0, 0.1) is 0 Å². The fraction of sp³-hybridized carbons (Fsp3) is 0.900. The third-order valence-corrected chi connectivity index (χ3v) is 5.67. The molecule has 1 saturated carbocycles. The number of rotatable bonds is 1. The molecule has 0 N–H and O–H groups in total. The summed E-state index contributed by atoms with van der Waals surface area (Å²) in [5.74, 6) is 0. The van der Waals surface area contributed by atoms with E-state index in [0.717, 1.165) is 12.8 Å². The van der Waals surface area contributed by atoms with Gasteiger partial charge >= 0.3 is 6.09 Å². The molecule has 92 valence electrons. The summed E-state index contributed by atoms with van der Waals surface area (Å²) < 4.78 is 28.6. The predicted octanol–water partition coefficient (Wildman–Crippen LogP) is 0.793. The Morgan fingerprint density at radius 1 is 1.19 bits per heavy atom. The largest absolute Gasteiger partial charge is 0.446 e. The zero-order valence-corrected chi connectivity index (χ0v) is 10.4. The minimum absolute atomic E-state index is 0.0663. The van der Waals surface area contributed by atoms with Crippen molar-refractivity contribution in [2.75, 3.05) is 13.1 Å². The first-order valence-electron chi connectivity index (χ1n) is 5.59. The Bertz CT molecular complexity index is 370. The van der Waals surface area contributed by atoms with Gasteiger partial charge in [0, 0.05) is 13.1 Å². The highest BCUT2D eigenvalue weighted by Gasteiger charge is 2.39. The van der Waals surface area contributed by atoms with Gasteiger partial charge in [-0.3, -0.25) is 0 Å². The summed E-state index contributed by atoms with van der Waals surface area (Å²) in [6.45, 7) is 3.78. The van der Waals surface area contributed by atoms with Crippen molar-refractivity contribution in [3.05, 3.63) is 0 Å². The molecule has 1 heterocycles. The molecule has 5 nitrogen and oxygen atoms in total. The van der Waals surface area contributed by atoms with Crippen LogP contribution in [0.4, 0.5) is 4.79 Å². The van der Waals surface area contributed by atoms with E-state index in [0.29, 0.717) is 0 Å². The van der Waals surface area contributed by atoms with Crippen LogP contribution in [0.5, 0.6) is 0 Å². The highest BCUT2D eigenvalue weighted by molar-refractivity contribution is 7.92. The van der Waals surface area contributed by atoms with Crippen molar-refractivity contribution in [1.29, 1.82) is 0 Å². The highest BCUT2D eigenvalue weighted by atomic mass is 32.2. The van der Waals surface area contributed by atoms with Crippen molar-refractivity contribution in [2.45, 2.75) is 43.3 Å². The van der Waals surface area contributed by atoms with Crippen molar-refractivity contribution in [2.24, 2.45) is 0 Å². The maximum Gasteiger partial charge on any atom is 0.410 e. The van der Waals surface area contributed by atoms with Gasteiger partial charge in [0.1, 0.15) is 6.10 Å². The summed E-state index contributed by atoms with van der Waals surface area (Å²) in [5.41, 5.74) is 0. The molecular weight excluding hydrogens is 230 g/mol. The lowest BCUT2D eigenvalue weighted by Gasteiger charge is -2.34. The molecule has 1 aliphatic heterocycles. The molecule has 0 aromatic heterocycles. The summed E-state index contributed by atoms with van der Waals surface area (Å²) in [7, 11) is -3.07. The Morgan fingerprint density at radius 3 is 2.12 bits per heavy atom. The van der Waals surface area contributed by atoms with Gasteiger partial charge < -0.3 is 9.64 Å². The number of nitrogens with zero attached hydrogens (tertiary/aromatic N) is 1. The molecule has 2 aliphatic rings. The fourth-order valence-corrected chi connectivity index (χ4v) is 3.42. The lowest BCUT2D eigenvalue weighted by Crippen LogP contribution is -2.52. The van der Waals surface area contributed by atoms with Gasteiger partial charge in [-0.05, 0) is 26.7 Å². The van der Waals surface area contributed by atoms with Crippen LogP contribution in [0.1, 0.15) is 26.7 Å². The molecule has 16 heavy (non-hydrogen) atoms. The summed E-state index contributed by atoms with van der Waals surface area (Å²) in [6.07, 6.45) is 1.57. The number of amides is 1. The summed E-state index contributed by atoms with van der Waals surface area (Å²) in [4.78, 5) is 13.2. The van der Waals surface area contributed by atoms with E-state index < -0.39 is 20.3 Å². The minimum Gasteiger partial charge on any atom is -0.446 e. The first-order valence-corrected chi connectivity index (χ1v) is 7.20. The Kier molecular flexibility index (Phi) is 2.86. The molecule has 2 fully saturated rings. The molecule has 0 radical (unpaired) electrons. The first kappa shape index (κ1) is 11.7. The number of sulfone groups is 1. The van der Waals surface area contributed by atoms with Crippen molar-refractivity contribution in [3.8, 4) is 0 Å². The number of carbonyl (C=O) groups excluding carboxylic acids is 1. The smallest absolute Gasteiger partial charge is 0.410 e. The van der Waals surface area contributed by atoms with E-state index in [9.17, 15) is 13.2 Å². The van der Waals surface area contributed by atoms with Crippen LogP contribution in [0.25, 0.3) is 0 Å². The molecule has 2 rings (SSSR count). The SMILES string of the molecule is CC1CN(C(=O)OC2CC2)CC(C)S1(=O)=O. The highest BCUT2D eigenvalue weighted by Crippen LogP contribution is 2.26. The van der Waals surface area contributed by atoms with Crippen molar-refractivity contribution in [1.82, 2.24) is 4.90 Å². The summed E-state index contributed by atoms with van der Waals surface area (Å²) >= 11 is 0. The monoisotopic (exact) mass is 247 g/mol. The van der Waals surface area contributed by atoms with Crippen LogP contribution in [0.15, 0.2) is 0 Å². The van der Waals surface area contributed by atoms with E-state index in [-0.39, 0.29) is 25.3 Å². The third-order valence-electron chi connectivity index (χ3n) is 3.13. The Labute approximate surface area is 95.7 Å². The molecule has 0 aromatic carbocycles. The fourth-order valence-electron chi connectivity index (χ4n) is 1.85. The van der Waals surface area contributed by atoms with Crippen LogP contribution < -0.4 is 0 Å². The van der Waals surface area contributed by atoms with E-state index in [1.165, 1.54) is 4.90 Å². The summed E-state index contributed by atoms with van der Waals surface area (Å²) in [5, 5.41) is -0.994. The molecule has 1 saturated heterocycles. The van der Waals surface area contributed by atoms with Gasteiger partial charge in [0.25, 0.3) is 0 Å². The number of carbonyl (C=O) groups is 1. The van der Waals surface area contributed by atoms with Crippen LogP contribution in [-0.4, -0.2) is 49.1 Å². The molecule has 0 spiro atoms. The van der Waals surface area contributed by atoms with E-state index in [4.69, 9.17) is 4.74 Å². The third kappa shape index (κ3) is 2.16. The van der Waals surface area contributed by atoms with Crippen LogP contribution in [-0.2, 0) is 14.6 Å². The van der Waals surface area contributed by atoms with Crippen LogP contribution >= 0.6 is 0 Å². The molecule has 0 aromatic rings. The second kappa shape index (κ2) is 3.91. The maximum absolute atomic E-state index is 11.7. The lowest BCUT2D eigenvalue weighted by molar-refractivity contribution is 0.0944. The molecule has 6 heteroatoms. The van der Waals surface area contributed by atoms with E-state index in [1.54, 1.807) is 13.8 Å². The number of hydrogen-bond donors (Lipinski definition) is 0. The molecule has 0 bridgehead atoms. The molecule has 2 unspecified atom stereocenters. The van der Waals surface area contributed by atoms with Gasteiger partial charge in [-0.2, -0.15) is 0 Å². The van der Waals surface area contributed by atoms with E-state index >= 15 is 0 Å². The second-order valence-corrected chi connectivity index (χ2v) is 7.49. The quantitative estimate of drug-likeness (QED) is 0.687. The standard InChI is InChI=1S/C10H17NO4S/c1-7-5-11(6-8(2)16(7,13)14)10(12)15-9-3-4-9/h7-9H,3-6H2,1-2H3. The predicted molar refractivity (Wildman–Crippen MR) is 58.9 cm³/mol. The average Bonchev–Trinajstić information content (AvgIpc) is 2.98. The van der Waals surface area contributed by atoms with Crippen LogP contribution in [0.2, 0.25) is 0 Å². The Morgan fingerprint density at radius 2 is 1.69 bits per heavy atom. The molecular formula is C10H17NO4S. The van der Waals surface area contributed by atoms with Gasteiger partial charge in [0.05, 0.1) is 10.5 Å². The van der Waals surface area contributed by atoms with Crippen molar-refractivity contribution >= 4 is 15.9 Å². The van der Waals surface area contributed by atoms with Gasteiger partial charge in [0.15, 0.2) is 9.84 Å². The van der Waals surface area contributed by atoms with E-state index in [1.807, 2.05) is 0 Å².